The molecule has 0 amide bonds. The van der Waals surface area contributed by atoms with Crippen LogP contribution in [0.2, 0.25) is 0 Å². The molecule has 0 aromatic heterocycles. The van der Waals surface area contributed by atoms with Crippen LogP contribution in [0.4, 0.5) is 4.39 Å². The van der Waals surface area contributed by atoms with Gasteiger partial charge >= 0.3 is 0 Å². The largest absolute Gasteiger partial charge is 0.327 e. The maximum Gasteiger partial charge on any atom is 0.126 e. The van der Waals surface area contributed by atoms with Gasteiger partial charge in [0.2, 0.25) is 0 Å². The molecule has 80 valence electrons. The Morgan fingerprint density at radius 1 is 1.33 bits per heavy atom. The van der Waals surface area contributed by atoms with Crippen molar-refractivity contribution in [3.05, 3.63) is 35.1 Å². The Morgan fingerprint density at radius 3 is 2.80 bits per heavy atom. The Morgan fingerprint density at radius 2 is 2.13 bits per heavy atom. The van der Waals surface area contributed by atoms with Crippen molar-refractivity contribution in [3.8, 4) is 0 Å². The Kier molecular flexibility index (Phi) is 1.90. The van der Waals surface area contributed by atoms with Crippen molar-refractivity contribution in [2.75, 3.05) is 0 Å². The van der Waals surface area contributed by atoms with Crippen molar-refractivity contribution < 1.29 is 4.39 Å². The fraction of sp³-hybridized carbons (Fsp3) is 0.538. The average Bonchev–Trinajstić information content (AvgIpc) is 2.15. The third kappa shape index (κ3) is 1.11. The molecule has 0 heterocycles. The molecule has 2 N–H and O–H groups in total. The van der Waals surface area contributed by atoms with Crippen molar-refractivity contribution in [2.24, 2.45) is 5.73 Å². The molecular weight excluding hydrogens is 189 g/mol. The summed E-state index contributed by atoms with van der Waals surface area (Å²) in [6, 6.07) is 5.71. The van der Waals surface area contributed by atoms with Gasteiger partial charge in [-0.1, -0.05) is 18.6 Å². The van der Waals surface area contributed by atoms with E-state index in [1.54, 1.807) is 6.07 Å². The van der Waals surface area contributed by atoms with E-state index in [0.29, 0.717) is 0 Å². The van der Waals surface area contributed by atoms with Crippen LogP contribution in [0.5, 0.6) is 0 Å². The second-order valence-electron chi connectivity index (χ2n) is 4.92. The average molecular weight is 205 g/mol. The molecule has 0 radical (unpaired) electrons. The fourth-order valence-electron chi connectivity index (χ4n) is 3.25. The molecule has 1 unspecified atom stereocenters. The molecule has 0 saturated heterocycles. The van der Waals surface area contributed by atoms with Gasteiger partial charge in [-0.2, -0.15) is 0 Å². The van der Waals surface area contributed by atoms with Crippen LogP contribution in [0.25, 0.3) is 0 Å². The molecule has 0 bridgehead atoms. The lowest BCUT2D eigenvalue weighted by molar-refractivity contribution is 0.175. The fourth-order valence-corrected chi connectivity index (χ4v) is 3.25. The molecule has 2 aliphatic rings. The predicted octanol–water partition coefficient (Wildman–Crippen LogP) is 2.52. The monoisotopic (exact) mass is 205 g/mol. The van der Waals surface area contributed by atoms with E-state index < -0.39 is 0 Å². The minimum Gasteiger partial charge on any atom is -0.327 e. The van der Waals surface area contributed by atoms with Gasteiger partial charge in [0.25, 0.3) is 0 Å². The first-order chi connectivity index (χ1) is 7.24. The predicted molar refractivity (Wildman–Crippen MR) is 58.2 cm³/mol. The highest BCUT2D eigenvalue weighted by Gasteiger charge is 2.47. The van der Waals surface area contributed by atoms with E-state index in [0.717, 1.165) is 31.2 Å². The lowest BCUT2D eigenvalue weighted by Crippen LogP contribution is -2.53. The summed E-state index contributed by atoms with van der Waals surface area (Å²) in [7, 11) is 0. The maximum absolute atomic E-state index is 13.7. The van der Waals surface area contributed by atoms with Gasteiger partial charge < -0.3 is 5.73 Å². The maximum atomic E-state index is 13.7. The second-order valence-corrected chi connectivity index (χ2v) is 4.92. The van der Waals surface area contributed by atoms with Gasteiger partial charge in [0.05, 0.1) is 0 Å². The van der Waals surface area contributed by atoms with E-state index in [2.05, 4.69) is 6.07 Å². The lowest BCUT2D eigenvalue weighted by atomic mass is 9.56. The van der Waals surface area contributed by atoms with E-state index in [1.807, 2.05) is 6.07 Å². The quantitative estimate of drug-likeness (QED) is 0.692. The van der Waals surface area contributed by atoms with Crippen LogP contribution in [-0.4, -0.2) is 6.04 Å². The number of hydrogen-bond donors (Lipinski definition) is 1. The molecule has 2 heteroatoms. The van der Waals surface area contributed by atoms with Crippen LogP contribution >= 0.6 is 0 Å². The van der Waals surface area contributed by atoms with Gasteiger partial charge in [-0.25, -0.2) is 4.39 Å². The Labute approximate surface area is 89.5 Å². The number of halogens is 1. The van der Waals surface area contributed by atoms with Crippen LogP contribution in [-0.2, 0) is 11.8 Å². The summed E-state index contributed by atoms with van der Waals surface area (Å²) in [6.45, 7) is 0. The highest BCUT2D eigenvalue weighted by molar-refractivity contribution is 5.41. The summed E-state index contributed by atoms with van der Waals surface area (Å²) >= 11 is 0. The first-order valence-corrected chi connectivity index (χ1v) is 5.77. The highest BCUT2D eigenvalue weighted by Crippen LogP contribution is 2.50. The second kappa shape index (κ2) is 3.05. The Bertz CT molecular complexity index is 396. The van der Waals surface area contributed by atoms with E-state index in [-0.39, 0.29) is 17.3 Å². The number of rotatable bonds is 0. The smallest absolute Gasteiger partial charge is 0.126 e. The SMILES string of the molecule is NC1CCc2c(F)cccc2C12CCC2. The van der Waals surface area contributed by atoms with E-state index in [1.165, 1.54) is 12.0 Å². The number of fused-ring (bicyclic) bond motifs is 2. The molecule has 2 aliphatic carbocycles. The summed E-state index contributed by atoms with van der Waals surface area (Å²) in [5.74, 6) is -0.0364. The molecule has 1 atom stereocenters. The minimum atomic E-state index is -0.0364. The van der Waals surface area contributed by atoms with Crippen molar-refractivity contribution in [1.29, 1.82) is 0 Å². The van der Waals surface area contributed by atoms with Gasteiger partial charge in [-0.05, 0) is 42.9 Å². The Hall–Kier alpha value is -0.890. The van der Waals surface area contributed by atoms with E-state index >= 15 is 0 Å². The minimum absolute atomic E-state index is 0.0364. The molecule has 1 saturated carbocycles. The lowest BCUT2D eigenvalue weighted by Gasteiger charge is -2.50. The zero-order valence-electron chi connectivity index (χ0n) is 8.80. The first kappa shape index (κ1) is 9.34. The van der Waals surface area contributed by atoms with Crippen LogP contribution in [0, 0.1) is 5.82 Å². The van der Waals surface area contributed by atoms with Gasteiger partial charge in [0.1, 0.15) is 5.82 Å². The summed E-state index contributed by atoms with van der Waals surface area (Å²) in [6.07, 6.45) is 5.28. The third-order valence-corrected chi connectivity index (χ3v) is 4.32. The topological polar surface area (TPSA) is 26.0 Å². The third-order valence-electron chi connectivity index (χ3n) is 4.32. The summed E-state index contributed by atoms with van der Waals surface area (Å²) in [4.78, 5) is 0. The number of nitrogens with two attached hydrogens (primary N) is 1. The summed E-state index contributed by atoms with van der Waals surface area (Å²) < 4.78 is 13.7. The molecule has 0 aliphatic heterocycles. The van der Waals surface area contributed by atoms with Gasteiger partial charge in [0.15, 0.2) is 0 Å². The molecular formula is C13H16FN. The number of benzene rings is 1. The van der Waals surface area contributed by atoms with E-state index in [9.17, 15) is 4.39 Å². The zero-order chi connectivity index (χ0) is 10.5. The van der Waals surface area contributed by atoms with Crippen LogP contribution in [0.15, 0.2) is 18.2 Å². The first-order valence-electron chi connectivity index (χ1n) is 5.77. The van der Waals surface area contributed by atoms with Crippen molar-refractivity contribution in [2.45, 2.75) is 43.6 Å². The molecule has 3 rings (SSSR count). The van der Waals surface area contributed by atoms with Gasteiger partial charge in [-0.15, -0.1) is 0 Å². The normalized spacial score (nSPS) is 27.2. The van der Waals surface area contributed by atoms with E-state index in [4.69, 9.17) is 5.73 Å². The van der Waals surface area contributed by atoms with Crippen molar-refractivity contribution in [3.63, 3.8) is 0 Å². The molecule has 15 heavy (non-hydrogen) atoms. The molecule has 1 fully saturated rings. The highest BCUT2D eigenvalue weighted by atomic mass is 19.1. The van der Waals surface area contributed by atoms with Crippen LogP contribution < -0.4 is 5.73 Å². The molecule has 1 aromatic carbocycles. The number of hydrogen-bond acceptors (Lipinski definition) is 1. The van der Waals surface area contributed by atoms with Crippen molar-refractivity contribution in [1.82, 2.24) is 0 Å². The molecule has 1 nitrogen and oxygen atoms in total. The standard InChI is InChI=1S/C13H16FN/c14-11-4-1-3-10-9(11)5-6-12(15)13(10)7-2-8-13/h1,3-4,12H,2,5-8,15H2. The summed E-state index contributed by atoms with van der Waals surface area (Å²) in [5.41, 5.74) is 8.47. The molecule has 1 aromatic rings. The van der Waals surface area contributed by atoms with Crippen LogP contribution in [0.3, 0.4) is 0 Å². The van der Waals surface area contributed by atoms with Crippen LogP contribution in [0.1, 0.15) is 36.8 Å². The molecule has 1 spiro atoms. The van der Waals surface area contributed by atoms with Gasteiger partial charge in [-0.3, -0.25) is 0 Å². The zero-order valence-corrected chi connectivity index (χ0v) is 8.80. The Balaban J connectivity index is 2.16. The summed E-state index contributed by atoms with van der Waals surface area (Å²) in [5, 5.41) is 0. The van der Waals surface area contributed by atoms with Crippen molar-refractivity contribution >= 4 is 0 Å². The van der Waals surface area contributed by atoms with Gasteiger partial charge in [0, 0.05) is 11.5 Å².